The number of hydrogen-bond donors (Lipinski definition) is 1. The highest BCUT2D eigenvalue weighted by molar-refractivity contribution is 6.30. The largest absolute Gasteiger partial charge is 0.481 e. The van der Waals surface area contributed by atoms with Crippen LogP contribution < -0.4 is 0 Å². The molecule has 0 amide bonds. The molecule has 0 aliphatic heterocycles. The third kappa shape index (κ3) is 4.31. The number of carbonyl (C=O) groups is 1. The van der Waals surface area contributed by atoms with E-state index < -0.39 is 11.4 Å². The summed E-state index contributed by atoms with van der Waals surface area (Å²) in [6.07, 6.45) is 1.68. The number of nitrogens with zero attached hydrogens (tertiary/aromatic N) is 1. The second-order valence-corrected chi connectivity index (χ2v) is 6.38. The average molecular weight is 318 g/mol. The molecule has 0 saturated carbocycles. The van der Waals surface area contributed by atoms with Crippen molar-refractivity contribution in [1.82, 2.24) is 4.98 Å². The Balaban J connectivity index is 2.10. The molecule has 3 nitrogen and oxygen atoms in total. The fraction of sp³-hybridized carbons (Fsp3) is 0.333. The maximum atomic E-state index is 11.7. The monoisotopic (exact) mass is 317 g/mol. The number of pyridine rings is 1. The normalized spacial score (nSPS) is 13.6. The minimum Gasteiger partial charge on any atom is -0.481 e. The van der Waals surface area contributed by atoms with Gasteiger partial charge in [-0.15, -0.1) is 0 Å². The van der Waals surface area contributed by atoms with Crippen molar-refractivity contribution in [1.29, 1.82) is 0 Å². The lowest BCUT2D eigenvalue weighted by Crippen LogP contribution is -2.31. The number of aliphatic carboxylic acids is 1. The van der Waals surface area contributed by atoms with Crippen molar-refractivity contribution < 1.29 is 9.90 Å². The summed E-state index contributed by atoms with van der Waals surface area (Å²) in [7, 11) is 0. The summed E-state index contributed by atoms with van der Waals surface area (Å²) in [5.41, 5.74) is 1.98. The van der Waals surface area contributed by atoms with E-state index in [9.17, 15) is 9.90 Å². The Morgan fingerprint density at radius 2 is 1.91 bits per heavy atom. The Bertz CT molecular complexity index is 654. The lowest BCUT2D eigenvalue weighted by atomic mass is 9.80. The molecule has 0 saturated heterocycles. The molecular weight excluding hydrogens is 298 g/mol. The first kappa shape index (κ1) is 16.5. The van der Waals surface area contributed by atoms with Crippen molar-refractivity contribution in [2.75, 3.05) is 0 Å². The van der Waals surface area contributed by atoms with E-state index >= 15 is 0 Å². The highest BCUT2D eigenvalue weighted by Gasteiger charge is 2.33. The van der Waals surface area contributed by atoms with Crippen LogP contribution in [-0.2, 0) is 17.6 Å². The first-order chi connectivity index (χ1) is 10.4. The summed E-state index contributed by atoms with van der Waals surface area (Å²) in [4.78, 5) is 16.2. The average Bonchev–Trinajstić information content (AvgIpc) is 2.46. The van der Waals surface area contributed by atoms with Crippen LogP contribution in [0.25, 0.3) is 0 Å². The first-order valence-corrected chi connectivity index (χ1v) is 7.67. The number of benzene rings is 1. The van der Waals surface area contributed by atoms with Crippen LogP contribution in [0, 0.1) is 12.3 Å². The highest BCUT2D eigenvalue weighted by Crippen LogP contribution is 2.29. The van der Waals surface area contributed by atoms with E-state index in [2.05, 4.69) is 4.98 Å². The SMILES string of the molecule is Cc1cccc(CC(C)(CCc2ccc(Cl)cc2)C(=O)O)n1. The van der Waals surface area contributed by atoms with Gasteiger partial charge in [0.15, 0.2) is 0 Å². The smallest absolute Gasteiger partial charge is 0.309 e. The minimum absolute atomic E-state index is 0.428. The van der Waals surface area contributed by atoms with E-state index in [1.165, 1.54) is 0 Å². The fourth-order valence-corrected chi connectivity index (χ4v) is 2.57. The highest BCUT2D eigenvalue weighted by atomic mass is 35.5. The summed E-state index contributed by atoms with van der Waals surface area (Å²) >= 11 is 5.87. The van der Waals surface area contributed by atoms with Crippen molar-refractivity contribution in [3.63, 3.8) is 0 Å². The quantitative estimate of drug-likeness (QED) is 0.863. The van der Waals surface area contributed by atoms with E-state index in [4.69, 9.17) is 11.6 Å². The molecule has 22 heavy (non-hydrogen) atoms. The van der Waals surface area contributed by atoms with Crippen molar-refractivity contribution in [2.24, 2.45) is 5.41 Å². The zero-order valence-electron chi connectivity index (χ0n) is 12.8. The summed E-state index contributed by atoms with van der Waals surface area (Å²) < 4.78 is 0. The Labute approximate surface area is 136 Å². The van der Waals surface area contributed by atoms with Crippen LogP contribution in [0.4, 0.5) is 0 Å². The van der Waals surface area contributed by atoms with Crippen LogP contribution in [0.3, 0.4) is 0 Å². The summed E-state index contributed by atoms with van der Waals surface area (Å²) in [5, 5.41) is 10.3. The van der Waals surface area contributed by atoms with Crippen LogP contribution in [0.15, 0.2) is 42.5 Å². The van der Waals surface area contributed by atoms with Gasteiger partial charge in [-0.2, -0.15) is 0 Å². The fourth-order valence-electron chi connectivity index (χ4n) is 2.44. The zero-order valence-corrected chi connectivity index (χ0v) is 13.6. The molecule has 0 aliphatic carbocycles. The predicted octanol–water partition coefficient (Wildman–Crippen LogP) is 4.31. The molecule has 0 radical (unpaired) electrons. The van der Waals surface area contributed by atoms with E-state index in [0.29, 0.717) is 24.3 Å². The van der Waals surface area contributed by atoms with E-state index in [1.807, 2.05) is 49.4 Å². The number of hydrogen-bond acceptors (Lipinski definition) is 2. The molecule has 0 spiro atoms. The van der Waals surface area contributed by atoms with E-state index in [1.54, 1.807) is 6.92 Å². The Morgan fingerprint density at radius 3 is 2.50 bits per heavy atom. The third-order valence-electron chi connectivity index (χ3n) is 3.91. The zero-order chi connectivity index (χ0) is 16.2. The second kappa shape index (κ2) is 6.93. The summed E-state index contributed by atoms with van der Waals surface area (Å²) in [6.45, 7) is 3.70. The number of carboxylic acid groups (broad SMARTS) is 1. The van der Waals surface area contributed by atoms with Crippen LogP contribution >= 0.6 is 11.6 Å². The van der Waals surface area contributed by atoms with E-state index in [-0.39, 0.29) is 0 Å². The Morgan fingerprint density at radius 1 is 1.23 bits per heavy atom. The second-order valence-electron chi connectivity index (χ2n) is 5.94. The summed E-state index contributed by atoms with van der Waals surface area (Å²) in [6, 6.07) is 13.3. The molecule has 0 fully saturated rings. The molecule has 2 aromatic rings. The Kier molecular flexibility index (Phi) is 5.19. The molecule has 2 rings (SSSR count). The van der Waals surface area contributed by atoms with Crippen LogP contribution in [-0.4, -0.2) is 16.1 Å². The minimum atomic E-state index is -0.833. The molecule has 1 unspecified atom stereocenters. The maximum absolute atomic E-state index is 11.7. The molecule has 1 N–H and O–H groups in total. The maximum Gasteiger partial charge on any atom is 0.309 e. The number of aromatic nitrogens is 1. The van der Waals surface area contributed by atoms with Gasteiger partial charge in [-0.05, 0) is 56.5 Å². The molecule has 1 aromatic carbocycles. The third-order valence-corrected chi connectivity index (χ3v) is 4.16. The van der Waals surface area contributed by atoms with Gasteiger partial charge in [0.25, 0.3) is 0 Å². The summed E-state index contributed by atoms with van der Waals surface area (Å²) in [5.74, 6) is -0.787. The van der Waals surface area contributed by atoms with Crippen LogP contribution in [0.1, 0.15) is 30.3 Å². The number of halogens is 1. The molecule has 1 aromatic heterocycles. The lowest BCUT2D eigenvalue weighted by Gasteiger charge is -2.24. The van der Waals surface area contributed by atoms with Gasteiger partial charge in [-0.1, -0.05) is 29.8 Å². The van der Waals surface area contributed by atoms with Crippen LogP contribution in [0.5, 0.6) is 0 Å². The molecule has 0 aliphatic rings. The number of aryl methyl sites for hydroxylation is 2. The molecular formula is C18H20ClNO2. The molecule has 116 valence electrons. The van der Waals surface area contributed by atoms with Gasteiger partial charge < -0.3 is 5.11 Å². The van der Waals surface area contributed by atoms with Gasteiger partial charge in [-0.25, -0.2) is 0 Å². The van der Waals surface area contributed by atoms with Gasteiger partial charge in [-0.3, -0.25) is 9.78 Å². The molecule has 0 bridgehead atoms. The van der Waals surface area contributed by atoms with Crippen molar-refractivity contribution in [3.05, 3.63) is 64.4 Å². The van der Waals surface area contributed by atoms with Gasteiger partial charge in [0.05, 0.1) is 5.41 Å². The standard InChI is InChI=1S/C18H20ClNO2/c1-13-4-3-5-16(20-13)12-18(2,17(21)22)11-10-14-6-8-15(19)9-7-14/h3-9H,10-12H2,1-2H3,(H,21,22). The van der Waals surface area contributed by atoms with Crippen molar-refractivity contribution in [3.8, 4) is 0 Å². The molecule has 4 heteroatoms. The number of rotatable bonds is 6. The van der Waals surface area contributed by atoms with Crippen molar-refractivity contribution >= 4 is 17.6 Å². The topological polar surface area (TPSA) is 50.2 Å². The Hall–Kier alpha value is -1.87. The van der Waals surface area contributed by atoms with Gasteiger partial charge in [0.1, 0.15) is 0 Å². The van der Waals surface area contributed by atoms with Gasteiger partial charge in [0, 0.05) is 22.8 Å². The van der Waals surface area contributed by atoms with Crippen molar-refractivity contribution in [2.45, 2.75) is 33.1 Å². The number of carboxylic acids is 1. The van der Waals surface area contributed by atoms with Crippen LogP contribution in [0.2, 0.25) is 5.02 Å². The molecule has 1 heterocycles. The van der Waals surface area contributed by atoms with E-state index in [0.717, 1.165) is 17.0 Å². The van der Waals surface area contributed by atoms with Gasteiger partial charge >= 0.3 is 5.97 Å². The predicted molar refractivity (Wildman–Crippen MR) is 88.2 cm³/mol. The molecule has 1 atom stereocenters. The van der Waals surface area contributed by atoms with Gasteiger partial charge in [0.2, 0.25) is 0 Å². The lowest BCUT2D eigenvalue weighted by molar-refractivity contribution is -0.148. The first-order valence-electron chi connectivity index (χ1n) is 7.29.